The minimum absolute atomic E-state index is 0.239. The molecule has 0 N–H and O–H groups in total. The molecule has 0 aromatic heterocycles. The van der Waals surface area contributed by atoms with Crippen LogP contribution in [0.5, 0.6) is 0 Å². The summed E-state index contributed by atoms with van der Waals surface area (Å²) in [5.41, 5.74) is 1.00. The average molecular weight is 206 g/mol. The van der Waals surface area contributed by atoms with Crippen LogP contribution in [-0.4, -0.2) is 18.7 Å². The summed E-state index contributed by atoms with van der Waals surface area (Å²) in [6.45, 7) is 1.00. The largest absolute Gasteiger partial charge is 0.459 e. The number of carbonyl (C=O) groups excluding carboxylic acids is 1. The molecule has 2 rings (SSSR count). The molecule has 1 heterocycles. The second kappa shape index (κ2) is 4.94. The minimum atomic E-state index is -0.339. The molecule has 0 radical (unpaired) electrons. The number of esters is 1. The molecule has 0 spiro atoms. The van der Waals surface area contributed by atoms with E-state index in [9.17, 15) is 4.79 Å². The van der Waals surface area contributed by atoms with Crippen LogP contribution in [0.1, 0.15) is 18.4 Å². The van der Waals surface area contributed by atoms with Gasteiger partial charge in [-0.3, -0.25) is 0 Å². The van der Waals surface area contributed by atoms with E-state index in [2.05, 4.69) is 0 Å². The zero-order chi connectivity index (χ0) is 10.5. The molecule has 3 heteroatoms. The molecule has 3 nitrogen and oxygen atoms in total. The summed E-state index contributed by atoms with van der Waals surface area (Å²) in [6.07, 6.45) is 1.40. The Morgan fingerprint density at radius 2 is 2.20 bits per heavy atom. The molecule has 1 atom stereocenters. The summed E-state index contributed by atoms with van der Waals surface area (Å²) < 4.78 is 10.4. The van der Waals surface area contributed by atoms with E-state index in [1.165, 1.54) is 0 Å². The Morgan fingerprint density at radius 1 is 1.40 bits per heavy atom. The Morgan fingerprint density at radius 3 is 2.87 bits per heavy atom. The Bertz CT molecular complexity index is 315. The van der Waals surface area contributed by atoms with Crippen LogP contribution < -0.4 is 0 Å². The fraction of sp³-hybridized carbons (Fsp3) is 0.417. The normalized spacial score (nSPS) is 20.1. The Hall–Kier alpha value is -1.35. The Kier molecular flexibility index (Phi) is 3.35. The van der Waals surface area contributed by atoms with Crippen LogP contribution in [0.25, 0.3) is 0 Å². The lowest BCUT2D eigenvalue weighted by Gasteiger charge is -2.09. The molecule has 0 bridgehead atoms. The standard InChI is InChI=1S/C12H14O3/c13-12(11-7-4-8-14-11)15-9-10-5-2-1-3-6-10/h1-3,5-6,11H,4,7-9H2/t11-/m0/s1. The van der Waals surface area contributed by atoms with Gasteiger partial charge in [0, 0.05) is 6.61 Å². The van der Waals surface area contributed by atoms with Gasteiger partial charge in [-0.15, -0.1) is 0 Å². The predicted octanol–water partition coefficient (Wildman–Crippen LogP) is 1.91. The van der Waals surface area contributed by atoms with E-state index < -0.39 is 0 Å². The van der Waals surface area contributed by atoms with E-state index >= 15 is 0 Å². The lowest BCUT2D eigenvalue weighted by atomic mass is 10.2. The van der Waals surface area contributed by atoms with Crippen LogP contribution in [0.15, 0.2) is 30.3 Å². The smallest absolute Gasteiger partial charge is 0.335 e. The van der Waals surface area contributed by atoms with Gasteiger partial charge in [0.05, 0.1) is 0 Å². The Balaban J connectivity index is 1.80. The van der Waals surface area contributed by atoms with Crippen molar-refractivity contribution >= 4 is 5.97 Å². The third kappa shape index (κ3) is 2.80. The summed E-state index contributed by atoms with van der Waals surface area (Å²) in [5, 5.41) is 0. The minimum Gasteiger partial charge on any atom is -0.459 e. The monoisotopic (exact) mass is 206 g/mol. The lowest BCUT2D eigenvalue weighted by molar-refractivity contribution is -0.155. The molecule has 1 fully saturated rings. The summed E-state index contributed by atoms with van der Waals surface area (Å²) in [5.74, 6) is -0.239. The molecule has 0 saturated carbocycles. The van der Waals surface area contributed by atoms with Gasteiger partial charge in [0.1, 0.15) is 6.61 Å². The first-order valence-corrected chi connectivity index (χ1v) is 5.18. The predicted molar refractivity (Wildman–Crippen MR) is 55.2 cm³/mol. The van der Waals surface area contributed by atoms with Crippen LogP contribution >= 0.6 is 0 Å². The van der Waals surface area contributed by atoms with Crippen molar-refractivity contribution in [1.29, 1.82) is 0 Å². The number of benzene rings is 1. The maximum atomic E-state index is 11.5. The number of rotatable bonds is 3. The fourth-order valence-electron chi connectivity index (χ4n) is 1.59. The molecule has 0 unspecified atom stereocenters. The maximum Gasteiger partial charge on any atom is 0.335 e. The highest BCUT2D eigenvalue weighted by atomic mass is 16.6. The first kappa shape index (κ1) is 10.2. The van der Waals surface area contributed by atoms with Crippen molar-refractivity contribution in [2.75, 3.05) is 6.61 Å². The van der Waals surface area contributed by atoms with Crippen molar-refractivity contribution in [3.8, 4) is 0 Å². The van der Waals surface area contributed by atoms with Gasteiger partial charge in [0.2, 0.25) is 0 Å². The van der Waals surface area contributed by atoms with Gasteiger partial charge in [-0.1, -0.05) is 30.3 Å². The molecule has 15 heavy (non-hydrogen) atoms. The molecule has 1 aliphatic heterocycles. The van der Waals surface area contributed by atoms with Crippen LogP contribution in [0.4, 0.5) is 0 Å². The number of hydrogen-bond acceptors (Lipinski definition) is 3. The third-order valence-corrected chi connectivity index (χ3v) is 2.42. The van der Waals surface area contributed by atoms with Crippen molar-refractivity contribution in [3.63, 3.8) is 0 Å². The fourth-order valence-corrected chi connectivity index (χ4v) is 1.59. The quantitative estimate of drug-likeness (QED) is 0.709. The maximum absolute atomic E-state index is 11.5. The molecule has 0 amide bonds. The van der Waals surface area contributed by atoms with Crippen LogP contribution in [0, 0.1) is 0 Å². The van der Waals surface area contributed by atoms with E-state index in [0.717, 1.165) is 18.4 Å². The lowest BCUT2D eigenvalue weighted by Crippen LogP contribution is -2.21. The van der Waals surface area contributed by atoms with Gasteiger partial charge < -0.3 is 9.47 Å². The van der Waals surface area contributed by atoms with Gasteiger partial charge in [0.15, 0.2) is 6.10 Å². The number of ether oxygens (including phenoxy) is 2. The van der Waals surface area contributed by atoms with Crippen molar-refractivity contribution in [1.82, 2.24) is 0 Å². The topological polar surface area (TPSA) is 35.5 Å². The summed E-state index contributed by atoms with van der Waals surface area (Å²) >= 11 is 0. The van der Waals surface area contributed by atoms with E-state index in [1.807, 2.05) is 30.3 Å². The van der Waals surface area contributed by atoms with Gasteiger partial charge in [-0.05, 0) is 18.4 Å². The van der Waals surface area contributed by atoms with Crippen LogP contribution in [-0.2, 0) is 20.9 Å². The molecule has 80 valence electrons. The van der Waals surface area contributed by atoms with E-state index in [0.29, 0.717) is 13.2 Å². The van der Waals surface area contributed by atoms with Gasteiger partial charge in [-0.25, -0.2) is 4.79 Å². The summed E-state index contributed by atoms with van der Waals surface area (Å²) in [6, 6.07) is 9.65. The van der Waals surface area contributed by atoms with Crippen LogP contribution in [0.3, 0.4) is 0 Å². The third-order valence-electron chi connectivity index (χ3n) is 2.42. The second-order valence-corrected chi connectivity index (χ2v) is 3.59. The number of carbonyl (C=O) groups is 1. The number of hydrogen-bond donors (Lipinski definition) is 0. The first-order valence-electron chi connectivity index (χ1n) is 5.18. The summed E-state index contributed by atoms with van der Waals surface area (Å²) in [4.78, 5) is 11.5. The molecular weight excluding hydrogens is 192 g/mol. The highest BCUT2D eigenvalue weighted by molar-refractivity contribution is 5.74. The summed E-state index contributed by atoms with van der Waals surface area (Å²) in [7, 11) is 0. The first-order chi connectivity index (χ1) is 7.36. The van der Waals surface area contributed by atoms with Crippen molar-refractivity contribution in [2.24, 2.45) is 0 Å². The average Bonchev–Trinajstić information content (AvgIpc) is 2.81. The zero-order valence-electron chi connectivity index (χ0n) is 8.52. The molecule has 1 aromatic carbocycles. The molecule has 0 aliphatic carbocycles. The van der Waals surface area contributed by atoms with Gasteiger partial charge in [0.25, 0.3) is 0 Å². The van der Waals surface area contributed by atoms with Gasteiger partial charge in [-0.2, -0.15) is 0 Å². The molecule has 1 saturated heterocycles. The SMILES string of the molecule is O=C(OCc1ccccc1)[C@@H]1CCCO1. The van der Waals surface area contributed by atoms with Crippen molar-refractivity contribution in [2.45, 2.75) is 25.6 Å². The molecule has 1 aliphatic rings. The van der Waals surface area contributed by atoms with Crippen LogP contribution in [0.2, 0.25) is 0 Å². The van der Waals surface area contributed by atoms with Crippen molar-refractivity contribution < 1.29 is 14.3 Å². The highest BCUT2D eigenvalue weighted by Gasteiger charge is 2.24. The Labute approximate surface area is 89.0 Å². The molecule has 1 aromatic rings. The second-order valence-electron chi connectivity index (χ2n) is 3.59. The molecular formula is C12H14O3. The van der Waals surface area contributed by atoms with Crippen molar-refractivity contribution in [3.05, 3.63) is 35.9 Å². The van der Waals surface area contributed by atoms with E-state index in [1.54, 1.807) is 0 Å². The van der Waals surface area contributed by atoms with E-state index in [-0.39, 0.29) is 12.1 Å². The highest BCUT2D eigenvalue weighted by Crippen LogP contribution is 2.14. The van der Waals surface area contributed by atoms with Gasteiger partial charge >= 0.3 is 5.97 Å². The zero-order valence-corrected chi connectivity index (χ0v) is 8.52. The van der Waals surface area contributed by atoms with E-state index in [4.69, 9.17) is 9.47 Å².